The summed E-state index contributed by atoms with van der Waals surface area (Å²) in [6.45, 7) is 11.0. The van der Waals surface area contributed by atoms with Gasteiger partial charge in [0.25, 0.3) is 0 Å². The number of hydrogen-bond donors (Lipinski definition) is 0. The summed E-state index contributed by atoms with van der Waals surface area (Å²) in [5.41, 5.74) is 0.952. The van der Waals surface area contributed by atoms with E-state index in [2.05, 4.69) is 26.8 Å². The van der Waals surface area contributed by atoms with Crippen molar-refractivity contribution in [1.82, 2.24) is 0 Å². The normalized spacial score (nSPS) is 14.1. The fourth-order valence-electron chi connectivity index (χ4n) is 1.90. The van der Waals surface area contributed by atoms with Gasteiger partial charge in [0.1, 0.15) is 0 Å². The highest BCUT2D eigenvalue weighted by Gasteiger charge is 2.01. The van der Waals surface area contributed by atoms with E-state index in [0.717, 1.165) is 17.9 Å². The maximum atomic E-state index is 11.2. The molecule has 2 nitrogen and oxygen atoms in total. The Kier molecular flexibility index (Phi) is 10.2. The molecule has 0 aromatic carbocycles. The Bertz CT molecular complexity index is 300. The lowest BCUT2D eigenvalue weighted by Gasteiger charge is -2.09. The third kappa shape index (κ3) is 11.8. The molecular formula is C17H30O2. The molecular weight excluding hydrogens is 236 g/mol. The standard InChI is InChI=1S/C17H30O2/c1-6-19-17(18)13-16(5)12-8-11-15(4)10-7-9-14(2)3/h8,12-15H,6-7,9-11H2,1-5H3/t15-/m0/s1. The van der Waals surface area contributed by atoms with Crippen molar-refractivity contribution in [2.45, 2.75) is 60.3 Å². The van der Waals surface area contributed by atoms with Crippen LogP contribution in [0.25, 0.3) is 0 Å². The van der Waals surface area contributed by atoms with E-state index in [4.69, 9.17) is 4.74 Å². The number of esters is 1. The average molecular weight is 266 g/mol. The molecule has 0 heterocycles. The first-order valence-corrected chi connectivity index (χ1v) is 7.47. The first-order chi connectivity index (χ1) is 8.95. The van der Waals surface area contributed by atoms with Crippen molar-refractivity contribution < 1.29 is 9.53 Å². The Hall–Kier alpha value is -1.05. The molecule has 0 spiro atoms. The minimum Gasteiger partial charge on any atom is -0.463 e. The fraction of sp³-hybridized carbons (Fsp3) is 0.706. The molecule has 0 aliphatic heterocycles. The van der Waals surface area contributed by atoms with Crippen LogP contribution >= 0.6 is 0 Å². The Morgan fingerprint density at radius 2 is 1.89 bits per heavy atom. The third-order valence-electron chi connectivity index (χ3n) is 3.03. The van der Waals surface area contributed by atoms with Crippen molar-refractivity contribution >= 4 is 5.97 Å². The molecule has 0 amide bonds. The van der Waals surface area contributed by atoms with Gasteiger partial charge in [0.05, 0.1) is 6.61 Å². The number of carbonyl (C=O) groups is 1. The molecule has 0 radical (unpaired) electrons. The zero-order valence-corrected chi connectivity index (χ0v) is 13.2. The molecule has 0 rings (SSSR count). The molecule has 1 atom stereocenters. The van der Waals surface area contributed by atoms with Gasteiger partial charge in [0.2, 0.25) is 0 Å². The lowest BCUT2D eigenvalue weighted by molar-refractivity contribution is -0.137. The average Bonchev–Trinajstić information content (AvgIpc) is 2.28. The van der Waals surface area contributed by atoms with Crippen LogP contribution in [-0.4, -0.2) is 12.6 Å². The Morgan fingerprint density at radius 1 is 1.21 bits per heavy atom. The lowest BCUT2D eigenvalue weighted by Crippen LogP contribution is -1.99. The summed E-state index contributed by atoms with van der Waals surface area (Å²) in [5, 5.41) is 0. The maximum Gasteiger partial charge on any atom is 0.330 e. The van der Waals surface area contributed by atoms with E-state index in [1.807, 2.05) is 19.9 Å². The summed E-state index contributed by atoms with van der Waals surface area (Å²) < 4.78 is 4.87. The van der Waals surface area contributed by atoms with E-state index >= 15 is 0 Å². The minimum absolute atomic E-state index is 0.255. The van der Waals surface area contributed by atoms with E-state index in [1.54, 1.807) is 6.08 Å². The molecule has 0 aromatic rings. The van der Waals surface area contributed by atoms with E-state index in [0.29, 0.717) is 12.5 Å². The first kappa shape index (κ1) is 17.9. The highest BCUT2D eigenvalue weighted by Crippen LogP contribution is 2.15. The van der Waals surface area contributed by atoms with Gasteiger partial charge in [-0.15, -0.1) is 0 Å². The summed E-state index contributed by atoms with van der Waals surface area (Å²) in [7, 11) is 0. The third-order valence-corrected chi connectivity index (χ3v) is 3.03. The molecule has 0 unspecified atom stereocenters. The van der Waals surface area contributed by atoms with Crippen LogP contribution in [0.15, 0.2) is 23.8 Å². The Labute approximate surface area is 118 Å². The zero-order valence-electron chi connectivity index (χ0n) is 13.2. The summed E-state index contributed by atoms with van der Waals surface area (Å²) >= 11 is 0. The predicted molar refractivity (Wildman–Crippen MR) is 82.0 cm³/mol. The second kappa shape index (κ2) is 10.8. The molecule has 0 saturated carbocycles. The number of hydrogen-bond acceptors (Lipinski definition) is 2. The first-order valence-electron chi connectivity index (χ1n) is 7.47. The van der Waals surface area contributed by atoms with Crippen molar-refractivity contribution in [3.63, 3.8) is 0 Å². The van der Waals surface area contributed by atoms with Crippen molar-refractivity contribution in [2.24, 2.45) is 11.8 Å². The fourth-order valence-corrected chi connectivity index (χ4v) is 1.90. The molecule has 0 bridgehead atoms. The zero-order chi connectivity index (χ0) is 14.7. The molecule has 0 aromatic heterocycles. The lowest BCUT2D eigenvalue weighted by atomic mass is 9.97. The molecule has 0 aliphatic rings. The van der Waals surface area contributed by atoms with Gasteiger partial charge < -0.3 is 4.74 Å². The van der Waals surface area contributed by atoms with Crippen molar-refractivity contribution in [3.05, 3.63) is 23.8 Å². The van der Waals surface area contributed by atoms with Crippen LogP contribution in [0.5, 0.6) is 0 Å². The molecule has 0 N–H and O–H groups in total. The van der Waals surface area contributed by atoms with Crippen LogP contribution in [0, 0.1) is 11.8 Å². The number of allylic oxidation sites excluding steroid dienone is 3. The van der Waals surface area contributed by atoms with Crippen LogP contribution in [0.3, 0.4) is 0 Å². The van der Waals surface area contributed by atoms with Crippen LogP contribution in [-0.2, 0) is 9.53 Å². The van der Waals surface area contributed by atoms with Crippen molar-refractivity contribution in [2.75, 3.05) is 6.61 Å². The SMILES string of the molecule is CCOC(=O)C=C(C)C=CC[C@@H](C)CCCC(C)C. The minimum atomic E-state index is -0.255. The van der Waals surface area contributed by atoms with Gasteiger partial charge in [-0.3, -0.25) is 0 Å². The molecule has 110 valence electrons. The van der Waals surface area contributed by atoms with Crippen LogP contribution in [0.1, 0.15) is 60.3 Å². The number of ether oxygens (including phenoxy) is 1. The smallest absolute Gasteiger partial charge is 0.330 e. The molecule has 19 heavy (non-hydrogen) atoms. The summed E-state index contributed by atoms with van der Waals surface area (Å²) in [6.07, 6.45) is 10.7. The van der Waals surface area contributed by atoms with Crippen LogP contribution < -0.4 is 0 Å². The van der Waals surface area contributed by atoms with Gasteiger partial charge in [-0.05, 0) is 37.7 Å². The van der Waals surface area contributed by atoms with Gasteiger partial charge in [-0.1, -0.05) is 52.2 Å². The Morgan fingerprint density at radius 3 is 2.47 bits per heavy atom. The van der Waals surface area contributed by atoms with Gasteiger partial charge in [-0.2, -0.15) is 0 Å². The second-order valence-electron chi connectivity index (χ2n) is 5.71. The van der Waals surface area contributed by atoms with Crippen molar-refractivity contribution in [3.8, 4) is 0 Å². The molecule has 2 heteroatoms. The number of carbonyl (C=O) groups excluding carboxylic acids is 1. The summed E-state index contributed by atoms with van der Waals surface area (Å²) in [5.74, 6) is 1.26. The van der Waals surface area contributed by atoms with E-state index in [1.165, 1.54) is 19.3 Å². The molecule has 0 fully saturated rings. The van der Waals surface area contributed by atoms with Gasteiger partial charge in [-0.25, -0.2) is 4.79 Å². The Balaban J connectivity index is 3.90. The van der Waals surface area contributed by atoms with Gasteiger partial charge in [0.15, 0.2) is 0 Å². The van der Waals surface area contributed by atoms with E-state index in [-0.39, 0.29) is 5.97 Å². The predicted octanol–water partition coefficient (Wildman–Crippen LogP) is 4.90. The topological polar surface area (TPSA) is 26.3 Å². The summed E-state index contributed by atoms with van der Waals surface area (Å²) in [6, 6.07) is 0. The van der Waals surface area contributed by atoms with Crippen LogP contribution in [0.2, 0.25) is 0 Å². The van der Waals surface area contributed by atoms with Crippen molar-refractivity contribution in [1.29, 1.82) is 0 Å². The van der Waals surface area contributed by atoms with Gasteiger partial charge >= 0.3 is 5.97 Å². The largest absolute Gasteiger partial charge is 0.463 e. The van der Waals surface area contributed by atoms with E-state index in [9.17, 15) is 4.79 Å². The monoisotopic (exact) mass is 266 g/mol. The highest BCUT2D eigenvalue weighted by atomic mass is 16.5. The molecule has 0 aliphatic carbocycles. The van der Waals surface area contributed by atoms with E-state index < -0.39 is 0 Å². The van der Waals surface area contributed by atoms with Crippen LogP contribution in [0.4, 0.5) is 0 Å². The molecule has 0 saturated heterocycles. The quantitative estimate of drug-likeness (QED) is 0.337. The number of rotatable bonds is 9. The van der Waals surface area contributed by atoms with Gasteiger partial charge in [0, 0.05) is 6.08 Å². The maximum absolute atomic E-state index is 11.2. The summed E-state index contributed by atoms with van der Waals surface area (Å²) in [4.78, 5) is 11.2. The second-order valence-corrected chi connectivity index (χ2v) is 5.71. The highest BCUT2D eigenvalue weighted by molar-refractivity contribution is 5.83.